The number of aryl methyl sites for hydroxylation is 1. The molecule has 0 unspecified atom stereocenters. The average Bonchev–Trinajstić information content (AvgIpc) is 3.41. The Bertz CT molecular complexity index is 1240. The maximum atomic E-state index is 13.0. The summed E-state index contributed by atoms with van der Waals surface area (Å²) in [6.07, 6.45) is 2.30. The molecule has 1 spiro atoms. The molecular weight excluding hydrogens is 400 g/mol. The van der Waals surface area contributed by atoms with Crippen molar-refractivity contribution < 1.29 is 14.0 Å². The van der Waals surface area contributed by atoms with E-state index < -0.39 is 0 Å². The minimum absolute atomic E-state index is 0.0184. The maximum Gasteiger partial charge on any atom is 0.289 e. The number of furan rings is 1. The molecule has 1 aromatic heterocycles. The molecule has 0 bridgehead atoms. The van der Waals surface area contributed by atoms with E-state index in [9.17, 15) is 9.59 Å². The number of nitrogens with one attached hydrogen (secondary N) is 1. The van der Waals surface area contributed by atoms with Gasteiger partial charge < -0.3 is 14.6 Å². The highest BCUT2D eigenvalue weighted by molar-refractivity contribution is 6.00. The fraction of sp³-hybridized carbons (Fsp3) is 0.259. The molecule has 160 valence electrons. The summed E-state index contributed by atoms with van der Waals surface area (Å²) in [5.74, 6) is 6.61. The van der Waals surface area contributed by atoms with Gasteiger partial charge in [-0.15, -0.1) is 0 Å². The van der Waals surface area contributed by atoms with Crippen molar-refractivity contribution in [3.63, 3.8) is 0 Å². The predicted octanol–water partition coefficient (Wildman–Crippen LogP) is 4.12. The van der Waals surface area contributed by atoms with E-state index >= 15 is 0 Å². The summed E-state index contributed by atoms with van der Waals surface area (Å²) in [6.45, 7) is 3.23. The highest BCUT2D eigenvalue weighted by Gasteiger charge is 2.45. The second-order valence-corrected chi connectivity index (χ2v) is 8.34. The largest absolute Gasteiger partial charge is 0.443 e. The molecule has 0 radical (unpaired) electrons. The third-order valence-electron chi connectivity index (χ3n) is 6.43. The normalized spacial score (nSPS) is 16.3. The first-order valence-electron chi connectivity index (χ1n) is 11.0. The quantitative estimate of drug-likeness (QED) is 0.630. The van der Waals surface area contributed by atoms with Gasteiger partial charge in [0.25, 0.3) is 11.8 Å². The van der Waals surface area contributed by atoms with E-state index in [4.69, 9.17) is 4.42 Å². The molecule has 3 heterocycles. The van der Waals surface area contributed by atoms with E-state index in [-0.39, 0.29) is 17.4 Å². The Kier molecular flexibility index (Phi) is 5.07. The lowest BCUT2D eigenvalue weighted by Gasteiger charge is -2.39. The molecule has 5 nitrogen and oxygen atoms in total. The van der Waals surface area contributed by atoms with Gasteiger partial charge in [0.15, 0.2) is 11.5 Å². The fourth-order valence-corrected chi connectivity index (χ4v) is 4.57. The minimum Gasteiger partial charge on any atom is -0.443 e. The minimum atomic E-state index is -0.385. The highest BCUT2D eigenvalue weighted by atomic mass is 16.3. The number of carbonyl (C=O) groups excluding carboxylic acids is 2. The first-order valence-corrected chi connectivity index (χ1v) is 11.0. The van der Waals surface area contributed by atoms with Crippen LogP contribution in [0.3, 0.4) is 0 Å². The van der Waals surface area contributed by atoms with Gasteiger partial charge in [-0.2, -0.15) is 0 Å². The van der Waals surface area contributed by atoms with Crippen LogP contribution in [0.25, 0.3) is 0 Å². The van der Waals surface area contributed by atoms with Gasteiger partial charge in [0.2, 0.25) is 0 Å². The lowest BCUT2D eigenvalue weighted by molar-refractivity contribution is 0.0606. The summed E-state index contributed by atoms with van der Waals surface area (Å²) in [5, 5.41) is 3.20. The summed E-state index contributed by atoms with van der Waals surface area (Å²) < 4.78 is 5.71. The number of likely N-dealkylation sites (tertiary alicyclic amines) is 1. The number of fused-ring (bicyclic) bond motifs is 2. The van der Waals surface area contributed by atoms with Crippen molar-refractivity contribution in [1.82, 2.24) is 10.2 Å². The monoisotopic (exact) mass is 424 g/mol. The zero-order valence-electron chi connectivity index (χ0n) is 18.0. The molecule has 5 heteroatoms. The molecule has 0 saturated carbocycles. The number of hydrogen-bond acceptors (Lipinski definition) is 3. The Morgan fingerprint density at radius 2 is 1.84 bits per heavy atom. The van der Waals surface area contributed by atoms with Crippen molar-refractivity contribution in [3.8, 4) is 11.8 Å². The van der Waals surface area contributed by atoms with Gasteiger partial charge in [-0.3, -0.25) is 9.59 Å². The molecule has 2 amide bonds. The molecule has 2 aliphatic heterocycles. The number of piperidine rings is 1. The summed E-state index contributed by atoms with van der Waals surface area (Å²) in [4.78, 5) is 27.3. The number of hydrogen-bond donors (Lipinski definition) is 1. The maximum absolute atomic E-state index is 13.0. The topological polar surface area (TPSA) is 62.6 Å². The van der Waals surface area contributed by atoms with Crippen LogP contribution < -0.4 is 5.32 Å². The lowest BCUT2D eigenvalue weighted by atomic mass is 9.81. The predicted molar refractivity (Wildman–Crippen MR) is 121 cm³/mol. The van der Waals surface area contributed by atoms with Crippen molar-refractivity contribution >= 4 is 11.8 Å². The number of rotatable bonds is 2. The molecule has 5 rings (SSSR count). The van der Waals surface area contributed by atoms with E-state index in [2.05, 4.69) is 30.1 Å². The van der Waals surface area contributed by atoms with Crippen molar-refractivity contribution in [2.75, 3.05) is 13.1 Å². The van der Waals surface area contributed by atoms with Crippen LogP contribution in [0.2, 0.25) is 0 Å². The number of carbonyl (C=O) groups is 2. The summed E-state index contributed by atoms with van der Waals surface area (Å²) in [6, 6.07) is 19.2. The summed E-state index contributed by atoms with van der Waals surface area (Å²) in [5.41, 5.74) is 3.56. The Balaban J connectivity index is 1.29. The Hall–Kier alpha value is -3.78. The van der Waals surface area contributed by atoms with E-state index in [1.54, 1.807) is 17.0 Å². The van der Waals surface area contributed by atoms with Crippen LogP contribution in [-0.4, -0.2) is 29.8 Å². The first-order chi connectivity index (χ1) is 15.6. The number of nitrogens with zero attached hydrogens (tertiary/aromatic N) is 1. The number of benzene rings is 2. The van der Waals surface area contributed by atoms with Gasteiger partial charge >= 0.3 is 0 Å². The summed E-state index contributed by atoms with van der Waals surface area (Å²) >= 11 is 0. The molecule has 3 aromatic rings. The van der Waals surface area contributed by atoms with Gasteiger partial charge in [-0.05, 0) is 66.6 Å². The van der Waals surface area contributed by atoms with Gasteiger partial charge in [0.05, 0.1) is 5.54 Å². The van der Waals surface area contributed by atoms with Crippen molar-refractivity contribution in [3.05, 3.63) is 94.4 Å². The third-order valence-corrected chi connectivity index (χ3v) is 6.43. The molecule has 1 N–H and O–H groups in total. The van der Waals surface area contributed by atoms with Crippen LogP contribution in [-0.2, 0) is 12.0 Å². The first kappa shape index (κ1) is 20.1. The van der Waals surface area contributed by atoms with Gasteiger partial charge in [0.1, 0.15) is 0 Å². The Morgan fingerprint density at radius 3 is 2.59 bits per heavy atom. The Labute approximate surface area is 187 Å². The van der Waals surface area contributed by atoms with Gasteiger partial charge in [0, 0.05) is 24.2 Å². The van der Waals surface area contributed by atoms with Crippen LogP contribution in [0.5, 0.6) is 0 Å². The van der Waals surface area contributed by atoms with E-state index in [1.165, 1.54) is 5.56 Å². The SMILES string of the molecule is CCc1ccc2c(c1)C1(CCN(C(=O)c3ccc(C#Cc4ccccc4)o3)CC1)NC2=O. The lowest BCUT2D eigenvalue weighted by Crippen LogP contribution is -2.50. The zero-order valence-corrected chi connectivity index (χ0v) is 18.0. The molecule has 0 aliphatic carbocycles. The highest BCUT2D eigenvalue weighted by Crippen LogP contribution is 2.40. The second kappa shape index (κ2) is 8.05. The van der Waals surface area contributed by atoms with E-state index in [0.29, 0.717) is 37.5 Å². The van der Waals surface area contributed by atoms with Crippen molar-refractivity contribution in [2.24, 2.45) is 0 Å². The van der Waals surface area contributed by atoms with Crippen molar-refractivity contribution in [1.29, 1.82) is 0 Å². The number of amides is 2. The molecular formula is C27H24N2O3. The summed E-state index contributed by atoms with van der Waals surface area (Å²) in [7, 11) is 0. The second-order valence-electron chi connectivity index (χ2n) is 8.34. The molecule has 32 heavy (non-hydrogen) atoms. The fourth-order valence-electron chi connectivity index (χ4n) is 4.57. The van der Waals surface area contributed by atoms with Gasteiger partial charge in [-0.1, -0.05) is 43.2 Å². The van der Waals surface area contributed by atoms with Crippen LogP contribution in [0.15, 0.2) is 65.1 Å². The molecule has 1 fully saturated rings. The molecule has 0 atom stereocenters. The van der Waals surface area contributed by atoms with Crippen LogP contribution >= 0.6 is 0 Å². The smallest absolute Gasteiger partial charge is 0.289 e. The van der Waals surface area contributed by atoms with E-state index in [1.807, 2.05) is 42.5 Å². The van der Waals surface area contributed by atoms with Crippen LogP contribution in [0.1, 0.15) is 63.1 Å². The average molecular weight is 425 g/mol. The van der Waals surface area contributed by atoms with Crippen molar-refractivity contribution in [2.45, 2.75) is 31.7 Å². The van der Waals surface area contributed by atoms with Gasteiger partial charge in [-0.25, -0.2) is 0 Å². The van der Waals surface area contributed by atoms with Crippen LogP contribution in [0.4, 0.5) is 0 Å². The zero-order chi connectivity index (χ0) is 22.1. The standard InChI is InChI=1S/C27H24N2O3/c1-2-19-9-12-22-23(18-19)27(28-25(22)30)14-16-29(17-15-27)26(31)24-13-11-21(32-24)10-8-20-6-4-3-5-7-20/h3-7,9,11-13,18H,2,14-17H2,1H3,(H,28,30). The Morgan fingerprint density at radius 1 is 1.06 bits per heavy atom. The molecule has 2 aromatic carbocycles. The van der Waals surface area contributed by atoms with Crippen LogP contribution in [0, 0.1) is 11.8 Å². The molecule has 1 saturated heterocycles. The molecule has 2 aliphatic rings. The third kappa shape index (κ3) is 3.58. The van der Waals surface area contributed by atoms with E-state index in [0.717, 1.165) is 23.1 Å².